The van der Waals surface area contributed by atoms with Crippen LogP contribution in [0.2, 0.25) is 0 Å². The minimum Gasteiger partial charge on any atom is -0.490 e. The molecule has 6 nitrogen and oxygen atoms in total. The summed E-state index contributed by atoms with van der Waals surface area (Å²) in [6.45, 7) is 6.92. The molecule has 1 atom stereocenters. The molecule has 1 aliphatic rings. The van der Waals surface area contributed by atoms with Gasteiger partial charge in [-0.2, -0.15) is 17.5 Å². The van der Waals surface area contributed by atoms with Crippen LogP contribution >= 0.6 is 0 Å². The molecule has 2 aromatic rings. The van der Waals surface area contributed by atoms with Crippen molar-refractivity contribution in [2.45, 2.75) is 37.9 Å². The van der Waals surface area contributed by atoms with Crippen molar-refractivity contribution in [1.29, 1.82) is 0 Å². The molecule has 1 saturated heterocycles. The van der Waals surface area contributed by atoms with Crippen LogP contribution in [0.1, 0.15) is 22.3 Å². The molecule has 0 radical (unpaired) electrons. The lowest BCUT2D eigenvalue weighted by Crippen LogP contribution is -2.51. The lowest BCUT2D eigenvalue weighted by Gasteiger charge is -2.35. The van der Waals surface area contributed by atoms with E-state index in [2.05, 4.69) is 0 Å². The second kappa shape index (κ2) is 10.0. The summed E-state index contributed by atoms with van der Waals surface area (Å²) in [7, 11) is -4.29. The van der Waals surface area contributed by atoms with E-state index in [4.69, 9.17) is 4.74 Å². The fraction of sp³-hybridized carbons (Fsp3) is 0.478. The molecule has 1 fully saturated rings. The van der Waals surface area contributed by atoms with Crippen LogP contribution in [0, 0.1) is 20.8 Å². The minimum atomic E-state index is -4.76. The van der Waals surface area contributed by atoms with Crippen LogP contribution in [0.3, 0.4) is 0 Å². The lowest BCUT2D eigenvalue weighted by atomic mass is 10.1. The Bertz CT molecular complexity index is 1080. The van der Waals surface area contributed by atoms with Gasteiger partial charge in [0.1, 0.15) is 18.5 Å². The smallest absolute Gasteiger partial charge is 0.417 e. The molecule has 3 rings (SSSR count). The van der Waals surface area contributed by atoms with Gasteiger partial charge in [0.05, 0.1) is 10.5 Å². The Hall–Kier alpha value is -2.14. The van der Waals surface area contributed by atoms with Crippen molar-refractivity contribution in [3.63, 3.8) is 0 Å². The number of piperazine rings is 1. The van der Waals surface area contributed by atoms with Crippen LogP contribution in [0.15, 0.2) is 41.3 Å². The van der Waals surface area contributed by atoms with Gasteiger partial charge in [-0.25, -0.2) is 8.42 Å². The number of hydrogen-bond acceptors (Lipinski definition) is 5. The second-order valence-corrected chi connectivity index (χ2v) is 10.2. The van der Waals surface area contributed by atoms with E-state index in [0.717, 1.165) is 38.9 Å². The minimum absolute atomic E-state index is 0.0399. The summed E-state index contributed by atoms with van der Waals surface area (Å²) in [5.41, 5.74) is 1.92. The van der Waals surface area contributed by atoms with Crippen LogP contribution in [0.25, 0.3) is 0 Å². The number of rotatable bonds is 7. The SMILES string of the molecule is Cc1ccc(C)c(OC[C@@H](O)CN2CCN(S(=O)(=O)c3ccccc3C(F)(F)F)CC2)c1C. The van der Waals surface area contributed by atoms with E-state index >= 15 is 0 Å². The zero-order valence-corrected chi connectivity index (χ0v) is 19.7. The van der Waals surface area contributed by atoms with E-state index in [-0.39, 0.29) is 26.2 Å². The number of aliphatic hydroxyl groups excluding tert-OH is 1. The van der Waals surface area contributed by atoms with Gasteiger partial charge in [-0.1, -0.05) is 24.3 Å². The summed E-state index contributed by atoms with van der Waals surface area (Å²) < 4.78 is 72.5. The monoisotopic (exact) mass is 486 g/mol. The highest BCUT2D eigenvalue weighted by Crippen LogP contribution is 2.35. The third kappa shape index (κ3) is 5.87. The maximum absolute atomic E-state index is 13.3. The normalized spacial score (nSPS) is 17.2. The Labute approximate surface area is 192 Å². The van der Waals surface area contributed by atoms with Gasteiger partial charge < -0.3 is 9.84 Å². The predicted molar refractivity (Wildman–Crippen MR) is 119 cm³/mol. The maximum Gasteiger partial charge on any atom is 0.417 e. The van der Waals surface area contributed by atoms with Crippen LogP contribution in [0.5, 0.6) is 5.75 Å². The largest absolute Gasteiger partial charge is 0.490 e. The molecule has 0 aromatic heterocycles. The standard InChI is InChI=1S/C23H29F3N2O4S/c1-16-8-9-17(2)22(18(16)3)32-15-19(29)14-27-10-12-28(13-11-27)33(30,31)21-7-5-4-6-20(21)23(24,25)26/h4-9,19,29H,10-15H2,1-3H3/t19-/m0/s1. The van der Waals surface area contributed by atoms with Crippen molar-refractivity contribution in [2.75, 3.05) is 39.3 Å². The number of nitrogens with zero attached hydrogens (tertiary/aromatic N) is 2. The molecule has 1 heterocycles. The van der Waals surface area contributed by atoms with Crippen LogP contribution in [-0.2, 0) is 16.2 Å². The molecule has 0 bridgehead atoms. The summed E-state index contributed by atoms with van der Waals surface area (Å²) in [6.07, 6.45) is -5.55. The van der Waals surface area contributed by atoms with Crippen molar-refractivity contribution in [3.8, 4) is 5.75 Å². The number of ether oxygens (including phenoxy) is 1. The van der Waals surface area contributed by atoms with Crippen LogP contribution in [0.4, 0.5) is 13.2 Å². The van der Waals surface area contributed by atoms with Gasteiger partial charge in [-0.15, -0.1) is 0 Å². The van der Waals surface area contributed by atoms with Gasteiger partial charge >= 0.3 is 6.18 Å². The van der Waals surface area contributed by atoms with Crippen LogP contribution < -0.4 is 4.74 Å². The average Bonchev–Trinajstić information content (AvgIpc) is 2.76. The molecule has 182 valence electrons. The van der Waals surface area contributed by atoms with Crippen molar-refractivity contribution in [1.82, 2.24) is 9.21 Å². The zero-order valence-electron chi connectivity index (χ0n) is 18.9. The van der Waals surface area contributed by atoms with E-state index < -0.39 is 32.8 Å². The van der Waals surface area contributed by atoms with E-state index in [1.165, 1.54) is 12.1 Å². The Morgan fingerprint density at radius 3 is 2.24 bits per heavy atom. The van der Waals surface area contributed by atoms with Gasteiger partial charge in [-0.3, -0.25) is 4.90 Å². The average molecular weight is 487 g/mol. The number of sulfonamides is 1. The third-order valence-electron chi connectivity index (χ3n) is 5.90. The van der Waals surface area contributed by atoms with Crippen molar-refractivity contribution >= 4 is 10.0 Å². The highest BCUT2D eigenvalue weighted by molar-refractivity contribution is 7.89. The first kappa shape index (κ1) is 25.5. The lowest BCUT2D eigenvalue weighted by molar-refractivity contribution is -0.139. The number of hydrogen-bond donors (Lipinski definition) is 1. The van der Waals surface area contributed by atoms with Gasteiger partial charge in [-0.05, 0) is 49.6 Å². The van der Waals surface area contributed by atoms with Crippen molar-refractivity contribution in [2.24, 2.45) is 0 Å². The Morgan fingerprint density at radius 2 is 1.61 bits per heavy atom. The molecule has 1 N–H and O–H groups in total. The fourth-order valence-corrected chi connectivity index (χ4v) is 5.53. The van der Waals surface area contributed by atoms with Crippen molar-refractivity contribution < 1.29 is 31.4 Å². The number of aliphatic hydroxyl groups is 1. The number of benzene rings is 2. The Balaban J connectivity index is 1.58. The molecular formula is C23H29F3N2O4S. The molecule has 0 amide bonds. The number of β-amino-alcohol motifs (C(OH)–C–C–N with tert-alkyl or cyclic N) is 1. The number of aryl methyl sites for hydroxylation is 2. The predicted octanol–water partition coefficient (Wildman–Crippen LogP) is 3.38. The summed E-state index contributed by atoms with van der Waals surface area (Å²) >= 11 is 0. The van der Waals surface area contributed by atoms with Crippen molar-refractivity contribution in [3.05, 3.63) is 58.7 Å². The summed E-state index contributed by atoms with van der Waals surface area (Å²) in [6, 6.07) is 8.18. The second-order valence-electron chi connectivity index (χ2n) is 8.32. The zero-order chi connectivity index (χ0) is 24.4. The quantitative estimate of drug-likeness (QED) is 0.650. The summed E-state index contributed by atoms with van der Waals surface area (Å²) in [5, 5.41) is 10.4. The van der Waals surface area contributed by atoms with Crippen LogP contribution in [-0.4, -0.2) is 68.2 Å². The van der Waals surface area contributed by atoms with E-state index in [9.17, 15) is 26.7 Å². The first-order chi connectivity index (χ1) is 15.4. The first-order valence-electron chi connectivity index (χ1n) is 10.7. The molecule has 0 unspecified atom stereocenters. The van der Waals surface area contributed by atoms with Gasteiger partial charge in [0.25, 0.3) is 0 Å². The topological polar surface area (TPSA) is 70.1 Å². The fourth-order valence-electron chi connectivity index (χ4n) is 3.90. The summed E-state index contributed by atoms with van der Waals surface area (Å²) in [4.78, 5) is 1.15. The van der Waals surface area contributed by atoms with E-state index in [1.54, 1.807) is 0 Å². The third-order valence-corrected chi connectivity index (χ3v) is 7.86. The first-order valence-corrected chi connectivity index (χ1v) is 12.1. The number of halogens is 3. The highest BCUT2D eigenvalue weighted by Gasteiger charge is 2.39. The Morgan fingerprint density at radius 1 is 1.00 bits per heavy atom. The molecule has 2 aromatic carbocycles. The Kier molecular flexibility index (Phi) is 7.73. The molecule has 10 heteroatoms. The molecule has 1 aliphatic heterocycles. The highest BCUT2D eigenvalue weighted by atomic mass is 32.2. The molecule has 33 heavy (non-hydrogen) atoms. The summed E-state index contributed by atoms with van der Waals surface area (Å²) in [5.74, 6) is 0.744. The van der Waals surface area contributed by atoms with Gasteiger partial charge in [0, 0.05) is 32.7 Å². The molecular weight excluding hydrogens is 457 g/mol. The maximum atomic E-state index is 13.3. The number of alkyl halides is 3. The molecule has 0 aliphatic carbocycles. The molecule has 0 saturated carbocycles. The van der Waals surface area contributed by atoms with Gasteiger partial charge in [0.15, 0.2) is 0 Å². The van der Waals surface area contributed by atoms with E-state index in [1.807, 2.05) is 37.8 Å². The van der Waals surface area contributed by atoms with Gasteiger partial charge in [0.2, 0.25) is 10.0 Å². The molecule has 0 spiro atoms. The van der Waals surface area contributed by atoms with E-state index in [0.29, 0.717) is 13.1 Å².